The van der Waals surface area contributed by atoms with Gasteiger partial charge in [0.25, 0.3) is 0 Å². The summed E-state index contributed by atoms with van der Waals surface area (Å²) in [5.41, 5.74) is 1.15. The summed E-state index contributed by atoms with van der Waals surface area (Å²) in [6.07, 6.45) is 5.02. The molecule has 0 radical (unpaired) electrons. The molecule has 0 spiro atoms. The first-order valence-electron chi connectivity index (χ1n) is 7.11. The van der Waals surface area contributed by atoms with E-state index in [1.54, 1.807) is 0 Å². The number of aliphatic imine (C=N–C) groups is 1. The van der Waals surface area contributed by atoms with Crippen LogP contribution in [-0.2, 0) is 0 Å². The minimum absolute atomic E-state index is 0.122. The normalized spacial score (nSPS) is 23.8. The molecular formula is C16H28N2S. The molecule has 0 N–H and O–H groups in total. The van der Waals surface area contributed by atoms with E-state index in [0.29, 0.717) is 0 Å². The van der Waals surface area contributed by atoms with Crippen molar-refractivity contribution in [3.63, 3.8) is 0 Å². The molecule has 3 heteroatoms. The number of rotatable bonds is 6. The highest BCUT2D eigenvalue weighted by Gasteiger charge is 2.41. The van der Waals surface area contributed by atoms with Gasteiger partial charge >= 0.3 is 0 Å². The Morgan fingerprint density at radius 1 is 1.47 bits per heavy atom. The third kappa shape index (κ3) is 4.41. The molecule has 2 atom stereocenters. The van der Waals surface area contributed by atoms with E-state index in [1.165, 1.54) is 6.42 Å². The van der Waals surface area contributed by atoms with E-state index in [9.17, 15) is 0 Å². The summed E-state index contributed by atoms with van der Waals surface area (Å²) >= 11 is 2.08. The lowest BCUT2D eigenvalue weighted by molar-refractivity contribution is 0.211. The predicted octanol–water partition coefficient (Wildman–Crippen LogP) is 4.49. The van der Waals surface area contributed by atoms with E-state index in [4.69, 9.17) is 0 Å². The van der Waals surface area contributed by atoms with Crippen molar-refractivity contribution in [1.82, 2.24) is 4.90 Å². The van der Waals surface area contributed by atoms with Crippen molar-refractivity contribution in [2.75, 3.05) is 6.54 Å². The van der Waals surface area contributed by atoms with Crippen molar-refractivity contribution in [3.05, 3.63) is 24.4 Å². The van der Waals surface area contributed by atoms with Gasteiger partial charge in [-0.05, 0) is 46.6 Å². The van der Waals surface area contributed by atoms with Crippen LogP contribution in [0.3, 0.4) is 0 Å². The van der Waals surface area contributed by atoms with E-state index >= 15 is 0 Å². The summed E-state index contributed by atoms with van der Waals surface area (Å²) in [7, 11) is 0. The molecule has 1 fully saturated rings. The molecule has 0 amide bonds. The monoisotopic (exact) mass is 280 g/mol. The van der Waals surface area contributed by atoms with Crippen LogP contribution in [0, 0.1) is 0 Å². The van der Waals surface area contributed by atoms with Gasteiger partial charge in [-0.1, -0.05) is 19.6 Å². The maximum absolute atomic E-state index is 4.58. The first-order chi connectivity index (χ1) is 8.83. The van der Waals surface area contributed by atoms with Crippen LogP contribution in [0.1, 0.15) is 48.0 Å². The quantitative estimate of drug-likeness (QED) is 0.405. The zero-order chi connectivity index (χ0) is 14.6. The van der Waals surface area contributed by atoms with Gasteiger partial charge < -0.3 is 4.90 Å². The summed E-state index contributed by atoms with van der Waals surface area (Å²) in [5.74, 6) is 1.02. The minimum atomic E-state index is 0.122. The zero-order valence-corrected chi connectivity index (χ0v) is 14.0. The number of nitrogens with zero attached hydrogens (tertiary/aromatic N) is 2. The zero-order valence-electron chi connectivity index (χ0n) is 13.2. The van der Waals surface area contributed by atoms with E-state index in [1.807, 2.05) is 26.1 Å². The number of likely N-dealkylation sites (N-methyl/N-ethyl adjacent to an activating group) is 1. The smallest absolute Gasteiger partial charge is 0.131 e. The van der Waals surface area contributed by atoms with Crippen LogP contribution < -0.4 is 0 Å². The molecule has 19 heavy (non-hydrogen) atoms. The van der Waals surface area contributed by atoms with Crippen LogP contribution in [0.2, 0.25) is 0 Å². The van der Waals surface area contributed by atoms with Crippen LogP contribution in [0.25, 0.3) is 0 Å². The molecule has 0 aromatic carbocycles. The summed E-state index contributed by atoms with van der Waals surface area (Å²) in [5, 5.41) is 1.62. The molecule has 0 bridgehead atoms. The van der Waals surface area contributed by atoms with Crippen molar-refractivity contribution < 1.29 is 0 Å². The van der Waals surface area contributed by atoms with E-state index in [-0.39, 0.29) is 5.54 Å². The average Bonchev–Trinajstić information content (AvgIpc) is 2.98. The Bertz CT molecular complexity index is 382. The molecule has 1 unspecified atom stereocenters. The largest absolute Gasteiger partial charge is 0.352 e. The van der Waals surface area contributed by atoms with Crippen LogP contribution in [0.15, 0.2) is 29.4 Å². The third-order valence-corrected chi connectivity index (χ3v) is 4.94. The van der Waals surface area contributed by atoms with Crippen LogP contribution in [0.5, 0.6) is 0 Å². The molecule has 1 aliphatic heterocycles. The van der Waals surface area contributed by atoms with Gasteiger partial charge in [-0.2, -0.15) is 11.8 Å². The molecule has 108 valence electrons. The van der Waals surface area contributed by atoms with Crippen LogP contribution in [0.4, 0.5) is 0 Å². The number of thioether (sulfide) groups is 1. The molecule has 0 aromatic heterocycles. The molecular weight excluding hydrogens is 252 g/mol. The molecule has 0 aromatic rings. The van der Waals surface area contributed by atoms with Crippen LogP contribution >= 0.6 is 11.8 Å². The lowest BCUT2D eigenvalue weighted by atomic mass is 9.94. The summed E-state index contributed by atoms with van der Waals surface area (Å²) in [4.78, 5) is 6.97. The van der Waals surface area contributed by atoms with Crippen molar-refractivity contribution in [3.8, 4) is 0 Å². The topological polar surface area (TPSA) is 15.6 Å². The second-order valence-corrected chi connectivity index (χ2v) is 7.48. The SMILES string of the molecule is C=C(C)C(=N/C=C\C)N(CC)C(C)(C)CC1S[C@H]1C. The van der Waals surface area contributed by atoms with E-state index in [2.05, 4.69) is 55.9 Å². The molecule has 0 saturated carbocycles. The maximum atomic E-state index is 4.58. The predicted molar refractivity (Wildman–Crippen MR) is 89.0 cm³/mol. The highest BCUT2D eigenvalue weighted by atomic mass is 32.2. The average molecular weight is 280 g/mol. The van der Waals surface area contributed by atoms with Gasteiger partial charge in [0.1, 0.15) is 5.84 Å². The van der Waals surface area contributed by atoms with Gasteiger partial charge in [0.15, 0.2) is 0 Å². The molecule has 2 nitrogen and oxygen atoms in total. The molecule has 1 rings (SSSR count). The fraction of sp³-hybridized carbons (Fsp3) is 0.688. The van der Waals surface area contributed by atoms with Gasteiger partial charge in [0.05, 0.1) is 0 Å². The van der Waals surface area contributed by atoms with Crippen molar-refractivity contribution >= 4 is 17.6 Å². The third-order valence-electron chi connectivity index (χ3n) is 3.57. The lowest BCUT2D eigenvalue weighted by Crippen LogP contribution is -2.48. The van der Waals surface area contributed by atoms with Gasteiger partial charge in [-0.25, -0.2) is 4.99 Å². The van der Waals surface area contributed by atoms with Gasteiger partial charge in [-0.3, -0.25) is 0 Å². The Hall–Kier alpha value is -0.700. The molecule has 1 saturated heterocycles. The fourth-order valence-corrected chi connectivity index (χ4v) is 3.53. The van der Waals surface area contributed by atoms with Crippen molar-refractivity contribution in [2.45, 2.75) is 64.0 Å². The van der Waals surface area contributed by atoms with E-state index in [0.717, 1.165) is 28.5 Å². The highest BCUT2D eigenvalue weighted by Crippen LogP contribution is 2.46. The van der Waals surface area contributed by atoms with E-state index < -0.39 is 0 Å². The number of hydrogen-bond donors (Lipinski definition) is 0. The maximum Gasteiger partial charge on any atom is 0.131 e. The second-order valence-electron chi connectivity index (χ2n) is 5.86. The van der Waals surface area contributed by atoms with Crippen LogP contribution in [-0.4, -0.2) is 33.3 Å². The standard InChI is InChI=1S/C16H28N2S/c1-8-10-17-15(12(3)4)18(9-2)16(6,7)11-14-13(5)19-14/h8,10,13-14H,3,9,11H2,1-2,4-7H3/b10-8-,17-15?/t13-,14?/m0/s1. The summed E-state index contributed by atoms with van der Waals surface area (Å²) in [6.45, 7) is 18.2. The number of amidine groups is 1. The highest BCUT2D eigenvalue weighted by molar-refractivity contribution is 8.07. The second kappa shape index (κ2) is 6.65. The van der Waals surface area contributed by atoms with Crippen molar-refractivity contribution in [2.24, 2.45) is 4.99 Å². The first kappa shape index (κ1) is 16.4. The number of allylic oxidation sites excluding steroid dienone is 1. The molecule has 1 heterocycles. The lowest BCUT2D eigenvalue weighted by Gasteiger charge is -2.40. The molecule has 0 aliphatic carbocycles. The summed E-state index contributed by atoms with van der Waals surface area (Å²) < 4.78 is 0. The van der Waals surface area contributed by atoms with Crippen molar-refractivity contribution in [1.29, 1.82) is 0 Å². The number of hydrogen-bond acceptors (Lipinski definition) is 2. The summed E-state index contributed by atoms with van der Waals surface area (Å²) in [6, 6.07) is 0. The Labute approximate surface area is 123 Å². The Morgan fingerprint density at radius 3 is 2.42 bits per heavy atom. The Morgan fingerprint density at radius 2 is 2.05 bits per heavy atom. The Balaban J connectivity index is 2.91. The molecule has 1 aliphatic rings. The van der Waals surface area contributed by atoms with Gasteiger partial charge in [0, 0.05) is 28.8 Å². The minimum Gasteiger partial charge on any atom is -0.352 e. The fourth-order valence-electron chi connectivity index (χ4n) is 2.47. The Kier molecular flexibility index (Phi) is 5.72. The van der Waals surface area contributed by atoms with Gasteiger partial charge in [0.2, 0.25) is 0 Å². The van der Waals surface area contributed by atoms with Gasteiger partial charge in [-0.15, -0.1) is 0 Å². The first-order valence-corrected chi connectivity index (χ1v) is 8.05.